The summed E-state index contributed by atoms with van der Waals surface area (Å²) in [6.45, 7) is 14.1. The summed E-state index contributed by atoms with van der Waals surface area (Å²) in [5, 5.41) is 13.7. The van der Waals surface area contributed by atoms with Crippen LogP contribution in [0.25, 0.3) is 0 Å². The van der Waals surface area contributed by atoms with Gasteiger partial charge in [-0.15, -0.1) is 0 Å². The van der Waals surface area contributed by atoms with Gasteiger partial charge in [-0.05, 0) is 62.1 Å². The highest BCUT2D eigenvalue weighted by molar-refractivity contribution is 5.95. The first-order valence-electron chi connectivity index (χ1n) is 13.8. The average Bonchev–Trinajstić information content (AvgIpc) is 3.29. The normalized spacial score (nSPS) is 18.3. The topological polar surface area (TPSA) is 91.3 Å². The van der Waals surface area contributed by atoms with Gasteiger partial charge in [0.05, 0.1) is 6.61 Å². The maximum absolute atomic E-state index is 13.7. The third-order valence-corrected chi connectivity index (χ3v) is 7.10. The summed E-state index contributed by atoms with van der Waals surface area (Å²) in [4.78, 5) is 29.9. The van der Waals surface area contributed by atoms with E-state index >= 15 is 0 Å². The molecule has 3 atom stereocenters. The summed E-state index contributed by atoms with van der Waals surface area (Å²) < 4.78 is 11.1. The highest BCUT2D eigenvalue weighted by atomic mass is 16.5. The van der Waals surface area contributed by atoms with E-state index in [0.29, 0.717) is 38.3 Å². The lowest BCUT2D eigenvalue weighted by Crippen LogP contribution is -2.45. The first-order valence-corrected chi connectivity index (χ1v) is 13.8. The summed E-state index contributed by atoms with van der Waals surface area (Å²) in [5.41, 5.74) is 1.71. The molecule has 2 amide bonds. The molecule has 0 bridgehead atoms. The summed E-state index contributed by atoms with van der Waals surface area (Å²) in [6.07, 6.45) is 1.11. The predicted octanol–water partition coefficient (Wildman–Crippen LogP) is 3.22. The number of ether oxygens (including phenoxy) is 2. The lowest BCUT2D eigenvalue weighted by molar-refractivity contribution is -0.140. The molecule has 1 aromatic carbocycles. The Labute approximate surface area is 223 Å². The predicted molar refractivity (Wildman–Crippen MR) is 147 cm³/mol. The van der Waals surface area contributed by atoms with E-state index in [9.17, 15) is 14.7 Å². The monoisotopic (exact) mass is 519 g/mol. The number of nitrogens with zero attached hydrogens (tertiary/aromatic N) is 2. The van der Waals surface area contributed by atoms with Crippen molar-refractivity contribution < 1.29 is 24.2 Å². The molecule has 1 aliphatic rings. The molecule has 1 heterocycles. The van der Waals surface area contributed by atoms with Crippen molar-refractivity contribution in [2.24, 2.45) is 17.8 Å². The van der Waals surface area contributed by atoms with Crippen molar-refractivity contribution in [1.82, 2.24) is 15.1 Å². The van der Waals surface area contributed by atoms with Crippen LogP contribution >= 0.6 is 0 Å². The van der Waals surface area contributed by atoms with Crippen LogP contribution in [0.2, 0.25) is 0 Å². The number of amides is 2. The minimum atomic E-state index is -0.969. The number of aliphatic hydroxyl groups excluding tert-OH is 1. The lowest BCUT2D eigenvalue weighted by atomic mass is 9.93. The number of rotatable bonds is 15. The third kappa shape index (κ3) is 9.27. The van der Waals surface area contributed by atoms with E-state index in [0.717, 1.165) is 37.2 Å². The van der Waals surface area contributed by atoms with Crippen molar-refractivity contribution in [1.29, 1.82) is 0 Å². The van der Waals surface area contributed by atoms with Gasteiger partial charge in [0, 0.05) is 65.0 Å². The quantitative estimate of drug-likeness (QED) is 0.346. The van der Waals surface area contributed by atoms with Crippen LogP contribution in [0.5, 0.6) is 5.75 Å². The summed E-state index contributed by atoms with van der Waals surface area (Å²) in [5.74, 6) is 1.18. The molecule has 2 rings (SSSR count). The van der Waals surface area contributed by atoms with Crippen LogP contribution < -0.4 is 10.1 Å². The molecule has 210 valence electrons. The molecule has 0 aromatic heterocycles. The highest BCUT2D eigenvalue weighted by Crippen LogP contribution is 2.25. The average molecular weight is 520 g/mol. The van der Waals surface area contributed by atoms with Crippen molar-refractivity contribution in [2.45, 2.75) is 66.0 Å². The molecule has 1 aliphatic heterocycles. The Kier molecular flexibility index (Phi) is 12.8. The number of hydrogen-bond acceptors (Lipinski definition) is 6. The maximum Gasteiger partial charge on any atom is 0.254 e. The van der Waals surface area contributed by atoms with Gasteiger partial charge in [-0.25, -0.2) is 0 Å². The van der Waals surface area contributed by atoms with Crippen LogP contribution in [-0.2, 0) is 16.0 Å². The Morgan fingerprint density at radius 3 is 2.38 bits per heavy atom. The Hall–Kier alpha value is -2.16. The fourth-order valence-electron chi connectivity index (χ4n) is 4.90. The number of nitrogens with one attached hydrogen (secondary N) is 1. The Morgan fingerprint density at radius 1 is 1.11 bits per heavy atom. The highest BCUT2D eigenvalue weighted by Gasteiger charge is 2.34. The smallest absolute Gasteiger partial charge is 0.254 e. The van der Waals surface area contributed by atoms with Crippen LogP contribution in [0, 0.1) is 17.8 Å². The molecular weight excluding hydrogens is 470 g/mol. The number of hydrogen-bond donors (Lipinski definition) is 2. The molecule has 1 saturated heterocycles. The van der Waals surface area contributed by atoms with Crippen LogP contribution in [0.3, 0.4) is 0 Å². The zero-order valence-corrected chi connectivity index (χ0v) is 24.0. The third-order valence-electron chi connectivity index (χ3n) is 7.10. The molecule has 0 aliphatic carbocycles. The number of carbonyl (C=O) groups is 2. The number of aryl methyl sites for hydroxylation is 1. The largest absolute Gasteiger partial charge is 0.493 e. The molecule has 1 aromatic rings. The van der Waals surface area contributed by atoms with E-state index in [-0.39, 0.29) is 35.6 Å². The van der Waals surface area contributed by atoms with Gasteiger partial charge >= 0.3 is 0 Å². The minimum absolute atomic E-state index is 0.0122. The Balaban J connectivity index is 2.10. The molecule has 37 heavy (non-hydrogen) atoms. The number of benzene rings is 1. The van der Waals surface area contributed by atoms with Crippen molar-refractivity contribution in [2.75, 3.05) is 53.6 Å². The Morgan fingerprint density at radius 2 is 1.78 bits per heavy atom. The van der Waals surface area contributed by atoms with Crippen LogP contribution in [-0.4, -0.2) is 92.4 Å². The molecular formula is C29H49N3O5. The first-order chi connectivity index (χ1) is 17.6. The van der Waals surface area contributed by atoms with Gasteiger partial charge in [-0.1, -0.05) is 26.8 Å². The van der Waals surface area contributed by atoms with Gasteiger partial charge in [0.2, 0.25) is 0 Å². The maximum atomic E-state index is 13.7. The van der Waals surface area contributed by atoms with Crippen LogP contribution in [0.4, 0.5) is 0 Å². The van der Waals surface area contributed by atoms with Gasteiger partial charge < -0.3 is 29.7 Å². The van der Waals surface area contributed by atoms with Gasteiger partial charge in [-0.3, -0.25) is 9.59 Å². The number of carbonyl (C=O) groups excluding carboxylic acids is 2. The molecule has 8 nitrogen and oxygen atoms in total. The molecule has 1 unspecified atom stereocenters. The zero-order chi connectivity index (χ0) is 27.5. The second kappa shape index (κ2) is 15.3. The molecule has 2 N–H and O–H groups in total. The molecule has 0 spiro atoms. The zero-order valence-electron chi connectivity index (χ0n) is 24.0. The second-order valence-electron chi connectivity index (χ2n) is 11.0. The van der Waals surface area contributed by atoms with Gasteiger partial charge in [0.25, 0.3) is 11.8 Å². The van der Waals surface area contributed by atoms with Gasteiger partial charge in [0.15, 0.2) is 0 Å². The fourth-order valence-corrected chi connectivity index (χ4v) is 4.90. The van der Waals surface area contributed by atoms with Crippen molar-refractivity contribution in [3.05, 3.63) is 29.3 Å². The fraction of sp³-hybridized carbons (Fsp3) is 0.724. The summed E-state index contributed by atoms with van der Waals surface area (Å²) in [7, 11) is 3.43. The van der Waals surface area contributed by atoms with E-state index < -0.39 is 6.10 Å². The van der Waals surface area contributed by atoms with E-state index in [2.05, 4.69) is 12.2 Å². The van der Waals surface area contributed by atoms with Crippen molar-refractivity contribution in [3.63, 3.8) is 0 Å². The Bertz CT molecular complexity index is 860. The SMILES string of the molecule is CCc1ccc(C(=O)N(C[C@@H]2CNC[C@H]2CN(C)C(=O)C(O)CC(C)C)C(C)C)cc1OCCCOC. The molecule has 0 saturated carbocycles. The number of methoxy groups -OCH3 is 1. The van der Waals surface area contributed by atoms with Gasteiger partial charge in [-0.2, -0.15) is 0 Å². The summed E-state index contributed by atoms with van der Waals surface area (Å²) in [6, 6.07) is 5.78. The summed E-state index contributed by atoms with van der Waals surface area (Å²) >= 11 is 0. The van der Waals surface area contributed by atoms with Crippen molar-refractivity contribution >= 4 is 11.8 Å². The second-order valence-corrected chi connectivity index (χ2v) is 11.0. The van der Waals surface area contributed by atoms with Crippen molar-refractivity contribution in [3.8, 4) is 5.75 Å². The number of likely N-dealkylation sites (N-methyl/N-ethyl adjacent to an activating group) is 1. The minimum Gasteiger partial charge on any atom is -0.493 e. The van der Waals surface area contributed by atoms with E-state index in [1.807, 2.05) is 50.8 Å². The van der Waals surface area contributed by atoms with Gasteiger partial charge in [0.1, 0.15) is 11.9 Å². The standard InChI is InChI=1S/C29H49N3O5/c1-8-22-10-11-23(15-27(22)37-13-9-12-36-7)28(34)32(21(4)5)19-25-17-30-16-24(25)18-31(6)29(35)26(33)14-20(2)3/h10-11,15,20-21,24-26,30,33H,8-9,12-14,16-19H2,1-7H3/t24-,25-,26?/m0/s1. The van der Waals surface area contributed by atoms with E-state index in [1.165, 1.54) is 0 Å². The molecule has 1 fully saturated rings. The first kappa shape index (κ1) is 31.1. The molecule has 0 radical (unpaired) electrons. The van der Waals surface area contributed by atoms with Crippen LogP contribution in [0.15, 0.2) is 18.2 Å². The van der Waals surface area contributed by atoms with Crippen LogP contribution in [0.1, 0.15) is 63.4 Å². The van der Waals surface area contributed by atoms with E-state index in [4.69, 9.17) is 9.47 Å². The molecule has 8 heteroatoms. The number of aliphatic hydroxyl groups is 1. The van der Waals surface area contributed by atoms with E-state index in [1.54, 1.807) is 19.1 Å². The lowest BCUT2D eigenvalue weighted by Gasteiger charge is -2.33.